The number of oxime groups is 1. The summed E-state index contributed by atoms with van der Waals surface area (Å²) >= 11 is 0. The standard InChI is InChI=1S/C12H21N3O7/c1-7(2)13-3-8(16)4-21-14-9-5-19-12-10(22-15(17)18)6-20-11(9)12/h7-8,10-13,16H,3-6H2,1-2H3/b14-9+. The number of fused-ring (bicyclic) bond motifs is 1. The van der Waals surface area contributed by atoms with Crippen LogP contribution in [-0.2, 0) is 19.1 Å². The highest BCUT2D eigenvalue weighted by Gasteiger charge is 2.48. The maximum absolute atomic E-state index is 10.4. The predicted molar refractivity (Wildman–Crippen MR) is 73.9 cm³/mol. The van der Waals surface area contributed by atoms with Crippen LogP contribution in [0.4, 0.5) is 0 Å². The second kappa shape index (κ2) is 7.68. The fraction of sp³-hybridized carbons (Fsp3) is 0.917. The quantitative estimate of drug-likeness (QED) is 0.435. The van der Waals surface area contributed by atoms with Gasteiger partial charge in [-0.25, -0.2) is 0 Å². The van der Waals surface area contributed by atoms with E-state index in [2.05, 4.69) is 15.3 Å². The van der Waals surface area contributed by atoms with Gasteiger partial charge in [0.05, 0.1) is 13.2 Å². The highest BCUT2D eigenvalue weighted by atomic mass is 17.0. The minimum Gasteiger partial charge on any atom is -0.393 e. The lowest BCUT2D eigenvalue weighted by atomic mass is 10.1. The molecule has 0 saturated carbocycles. The predicted octanol–water partition coefficient (Wildman–Crippen LogP) is -0.908. The zero-order chi connectivity index (χ0) is 16.1. The fourth-order valence-electron chi connectivity index (χ4n) is 2.24. The summed E-state index contributed by atoms with van der Waals surface area (Å²) in [6.07, 6.45) is -2.50. The molecular formula is C12H21N3O7. The molecule has 2 rings (SSSR count). The molecule has 0 aromatic carbocycles. The largest absolute Gasteiger partial charge is 0.393 e. The van der Waals surface area contributed by atoms with Gasteiger partial charge in [-0.2, -0.15) is 0 Å². The van der Waals surface area contributed by atoms with Crippen LogP contribution in [0.1, 0.15) is 13.8 Å². The van der Waals surface area contributed by atoms with E-state index in [-0.39, 0.29) is 25.9 Å². The van der Waals surface area contributed by atoms with Crippen molar-refractivity contribution >= 4 is 5.71 Å². The maximum atomic E-state index is 10.4. The van der Waals surface area contributed by atoms with Crippen LogP contribution in [0.5, 0.6) is 0 Å². The normalized spacial score (nSPS) is 30.5. The van der Waals surface area contributed by atoms with Gasteiger partial charge in [-0.15, -0.1) is 10.1 Å². The van der Waals surface area contributed by atoms with E-state index in [1.54, 1.807) is 0 Å². The summed E-state index contributed by atoms with van der Waals surface area (Å²) in [5.74, 6) is 0. The topological polar surface area (TPSA) is 125 Å². The highest BCUT2D eigenvalue weighted by molar-refractivity contribution is 5.92. The Morgan fingerprint density at radius 3 is 3.00 bits per heavy atom. The Kier molecular flexibility index (Phi) is 5.89. The van der Waals surface area contributed by atoms with Crippen molar-refractivity contribution in [3.8, 4) is 0 Å². The molecule has 22 heavy (non-hydrogen) atoms. The minimum atomic E-state index is -0.858. The van der Waals surface area contributed by atoms with Crippen LogP contribution in [0.2, 0.25) is 0 Å². The molecule has 2 saturated heterocycles. The third-order valence-electron chi connectivity index (χ3n) is 3.29. The van der Waals surface area contributed by atoms with Gasteiger partial charge in [0, 0.05) is 12.6 Å². The Labute approximate surface area is 127 Å². The smallest absolute Gasteiger partial charge is 0.294 e. The molecule has 126 valence electrons. The molecular weight excluding hydrogens is 298 g/mol. The molecule has 10 nitrogen and oxygen atoms in total. The van der Waals surface area contributed by atoms with E-state index >= 15 is 0 Å². The molecule has 0 radical (unpaired) electrons. The lowest BCUT2D eigenvalue weighted by Crippen LogP contribution is -2.34. The number of aliphatic hydroxyl groups is 1. The van der Waals surface area contributed by atoms with Crippen LogP contribution in [0.3, 0.4) is 0 Å². The van der Waals surface area contributed by atoms with Crippen LogP contribution < -0.4 is 5.32 Å². The number of nitrogens with one attached hydrogen (secondary N) is 1. The summed E-state index contributed by atoms with van der Waals surface area (Å²) < 4.78 is 10.8. The van der Waals surface area contributed by atoms with Gasteiger partial charge >= 0.3 is 0 Å². The Hall–Kier alpha value is -1.49. The molecule has 0 spiro atoms. The van der Waals surface area contributed by atoms with Gasteiger partial charge in [-0.05, 0) is 0 Å². The molecule has 0 aromatic rings. The van der Waals surface area contributed by atoms with Gasteiger partial charge in [-0.1, -0.05) is 19.0 Å². The van der Waals surface area contributed by atoms with Crippen LogP contribution in [0.15, 0.2) is 5.16 Å². The van der Waals surface area contributed by atoms with Crippen LogP contribution in [0, 0.1) is 10.1 Å². The van der Waals surface area contributed by atoms with Gasteiger partial charge in [0.2, 0.25) is 0 Å². The number of hydrogen-bond donors (Lipinski definition) is 2. The van der Waals surface area contributed by atoms with Crippen molar-refractivity contribution in [3.05, 3.63) is 10.1 Å². The number of nitrogens with zero attached hydrogens (tertiary/aromatic N) is 2. The highest BCUT2D eigenvalue weighted by Crippen LogP contribution is 2.27. The SMILES string of the molecule is CC(C)NCC(O)CO/N=C1\COC2C(O[N+](=O)[O-])COC12. The molecule has 0 bridgehead atoms. The van der Waals surface area contributed by atoms with Crippen molar-refractivity contribution in [2.45, 2.75) is 44.3 Å². The molecule has 0 amide bonds. The molecule has 2 N–H and O–H groups in total. The van der Waals surface area contributed by atoms with Gasteiger partial charge in [0.1, 0.15) is 30.6 Å². The molecule has 2 aliphatic heterocycles. The van der Waals surface area contributed by atoms with E-state index < -0.39 is 29.5 Å². The maximum Gasteiger partial charge on any atom is 0.294 e. The van der Waals surface area contributed by atoms with Crippen LogP contribution in [-0.4, -0.2) is 72.7 Å². The average Bonchev–Trinajstić information content (AvgIpc) is 3.00. The van der Waals surface area contributed by atoms with Crippen molar-refractivity contribution in [2.24, 2.45) is 5.16 Å². The molecule has 0 aliphatic carbocycles. The molecule has 2 fully saturated rings. The average molecular weight is 319 g/mol. The number of hydrogen-bond acceptors (Lipinski definition) is 9. The first-order valence-electron chi connectivity index (χ1n) is 7.12. The lowest BCUT2D eigenvalue weighted by Gasteiger charge is -2.13. The van der Waals surface area contributed by atoms with Crippen LogP contribution >= 0.6 is 0 Å². The second-order valence-electron chi connectivity index (χ2n) is 5.49. The Bertz CT molecular complexity index is 418. The third kappa shape index (κ3) is 4.50. The molecule has 4 unspecified atom stereocenters. The fourth-order valence-corrected chi connectivity index (χ4v) is 2.24. The van der Waals surface area contributed by atoms with E-state index in [1.165, 1.54) is 0 Å². The van der Waals surface area contributed by atoms with Crippen LogP contribution in [0.25, 0.3) is 0 Å². The molecule has 2 heterocycles. The van der Waals surface area contributed by atoms with E-state index in [0.29, 0.717) is 12.3 Å². The van der Waals surface area contributed by atoms with Crippen molar-refractivity contribution in [2.75, 3.05) is 26.4 Å². The number of aliphatic hydroxyl groups excluding tert-OH is 1. The minimum absolute atomic E-state index is 0.0371. The zero-order valence-corrected chi connectivity index (χ0v) is 12.5. The summed E-state index contributed by atoms with van der Waals surface area (Å²) in [5.41, 5.74) is 0.503. The first-order valence-corrected chi connectivity index (χ1v) is 7.12. The summed E-state index contributed by atoms with van der Waals surface area (Å²) in [4.78, 5) is 20.0. The van der Waals surface area contributed by atoms with Crippen molar-refractivity contribution in [1.29, 1.82) is 0 Å². The first-order chi connectivity index (χ1) is 10.5. The number of rotatable bonds is 8. The Morgan fingerprint density at radius 1 is 1.55 bits per heavy atom. The summed E-state index contributed by atoms with van der Waals surface area (Å²) in [6.45, 7) is 4.62. The van der Waals surface area contributed by atoms with E-state index in [0.717, 1.165) is 0 Å². The van der Waals surface area contributed by atoms with E-state index in [4.69, 9.17) is 14.3 Å². The van der Waals surface area contributed by atoms with E-state index in [9.17, 15) is 15.2 Å². The molecule has 10 heteroatoms. The molecule has 2 aliphatic rings. The van der Waals surface area contributed by atoms with E-state index in [1.807, 2.05) is 13.8 Å². The second-order valence-corrected chi connectivity index (χ2v) is 5.49. The van der Waals surface area contributed by atoms with Gasteiger partial charge in [-0.3, -0.25) is 0 Å². The van der Waals surface area contributed by atoms with Crippen molar-refractivity contribution in [1.82, 2.24) is 5.32 Å². The lowest BCUT2D eigenvalue weighted by molar-refractivity contribution is -0.769. The van der Waals surface area contributed by atoms with Gasteiger partial charge in [0.15, 0.2) is 6.10 Å². The monoisotopic (exact) mass is 319 g/mol. The van der Waals surface area contributed by atoms with Crippen molar-refractivity contribution in [3.63, 3.8) is 0 Å². The van der Waals surface area contributed by atoms with Gasteiger partial charge < -0.3 is 29.6 Å². The summed E-state index contributed by atoms with van der Waals surface area (Å²) in [6, 6.07) is 0.273. The first kappa shape index (κ1) is 16.9. The molecule has 4 atom stereocenters. The molecule has 0 aromatic heterocycles. The Morgan fingerprint density at radius 2 is 2.32 bits per heavy atom. The number of ether oxygens (including phenoxy) is 2. The van der Waals surface area contributed by atoms with Gasteiger partial charge in [0.25, 0.3) is 5.09 Å². The zero-order valence-electron chi connectivity index (χ0n) is 12.5. The Balaban J connectivity index is 1.76. The summed E-state index contributed by atoms with van der Waals surface area (Å²) in [5, 5.41) is 26.2. The third-order valence-corrected chi connectivity index (χ3v) is 3.29. The summed E-state index contributed by atoms with van der Waals surface area (Å²) in [7, 11) is 0. The van der Waals surface area contributed by atoms with Crippen molar-refractivity contribution < 1.29 is 29.3 Å².